The fourth-order valence-corrected chi connectivity index (χ4v) is 1.75. The quantitative estimate of drug-likeness (QED) is 0.733. The van der Waals surface area contributed by atoms with Crippen molar-refractivity contribution < 1.29 is 14.6 Å². The number of aliphatic carboxylic acids is 1. The maximum Gasteiger partial charge on any atom is 0.317 e. The van der Waals surface area contributed by atoms with Gasteiger partial charge in [0.2, 0.25) is 0 Å². The number of hydrogen-bond donors (Lipinski definition) is 1. The van der Waals surface area contributed by atoms with E-state index in [1.807, 2.05) is 21.8 Å². The number of methoxy groups -OCH3 is 1. The van der Waals surface area contributed by atoms with E-state index in [1.165, 1.54) is 0 Å². The van der Waals surface area contributed by atoms with Gasteiger partial charge in [0.05, 0.1) is 18.8 Å². The lowest BCUT2D eigenvalue weighted by molar-refractivity contribution is -0.138. The average Bonchev–Trinajstić information content (AvgIpc) is 2.82. The van der Waals surface area contributed by atoms with Gasteiger partial charge in [-0.1, -0.05) is 6.92 Å². The van der Waals surface area contributed by atoms with Gasteiger partial charge in [-0.2, -0.15) is 5.10 Å². The van der Waals surface area contributed by atoms with Gasteiger partial charge in [-0.15, -0.1) is 0 Å². The molecule has 0 bridgehead atoms. The van der Waals surface area contributed by atoms with Gasteiger partial charge in [-0.3, -0.25) is 14.4 Å². The van der Waals surface area contributed by atoms with Gasteiger partial charge in [-0.05, 0) is 19.4 Å². The Morgan fingerprint density at radius 2 is 2.37 bits per heavy atom. The van der Waals surface area contributed by atoms with Crippen molar-refractivity contribution in [1.82, 2.24) is 14.7 Å². The summed E-state index contributed by atoms with van der Waals surface area (Å²) in [4.78, 5) is 12.6. The van der Waals surface area contributed by atoms with E-state index >= 15 is 0 Å². The van der Waals surface area contributed by atoms with Crippen LogP contribution in [-0.4, -0.2) is 52.6 Å². The van der Waals surface area contributed by atoms with Crippen molar-refractivity contribution in [3.63, 3.8) is 0 Å². The summed E-state index contributed by atoms with van der Waals surface area (Å²) in [6, 6.07) is 2.30. The zero-order valence-corrected chi connectivity index (χ0v) is 11.9. The van der Waals surface area contributed by atoms with Crippen molar-refractivity contribution >= 4 is 5.97 Å². The van der Waals surface area contributed by atoms with Crippen LogP contribution < -0.4 is 0 Å². The van der Waals surface area contributed by atoms with Crippen molar-refractivity contribution in [1.29, 1.82) is 0 Å². The van der Waals surface area contributed by atoms with Crippen LogP contribution in [0.25, 0.3) is 0 Å². The Morgan fingerprint density at radius 3 is 2.95 bits per heavy atom. The molecule has 0 aliphatic carbocycles. The molecule has 0 fully saturated rings. The zero-order chi connectivity index (χ0) is 14.3. The van der Waals surface area contributed by atoms with Gasteiger partial charge in [-0.25, -0.2) is 0 Å². The molecule has 1 heterocycles. The van der Waals surface area contributed by atoms with Crippen LogP contribution in [0.15, 0.2) is 12.3 Å². The molecule has 1 N–H and O–H groups in total. The summed E-state index contributed by atoms with van der Waals surface area (Å²) >= 11 is 0. The largest absolute Gasteiger partial charge is 0.480 e. The predicted octanol–water partition coefficient (Wildman–Crippen LogP) is 1.39. The molecule has 0 spiro atoms. The second-order valence-corrected chi connectivity index (χ2v) is 4.64. The maximum atomic E-state index is 10.8. The number of carboxylic acid groups (broad SMARTS) is 1. The van der Waals surface area contributed by atoms with Gasteiger partial charge in [0.25, 0.3) is 0 Å². The van der Waals surface area contributed by atoms with Crippen LogP contribution in [0, 0.1) is 0 Å². The molecule has 1 aromatic heterocycles. The van der Waals surface area contributed by atoms with Crippen molar-refractivity contribution in [3.05, 3.63) is 18.0 Å². The highest BCUT2D eigenvalue weighted by Crippen LogP contribution is 2.10. The topological polar surface area (TPSA) is 67.6 Å². The third kappa shape index (κ3) is 5.40. The highest BCUT2D eigenvalue weighted by atomic mass is 16.5. The normalized spacial score (nSPS) is 12.8. The molecule has 0 radical (unpaired) electrons. The van der Waals surface area contributed by atoms with E-state index in [9.17, 15) is 4.79 Å². The molecule has 1 aromatic rings. The molecule has 1 unspecified atom stereocenters. The zero-order valence-electron chi connectivity index (χ0n) is 11.9. The lowest BCUT2D eigenvalue weighted by Gasteiger charge is -2.18. The third-order valence-corrected chi connectivity index (χ3v) is 3.06. The summed E-state index contributed by atoms with van der Waals surface area (Å²) < 4.78 is 6.91. The van der Waals surface area contributed by atoms with Crippen molar-refractivity contribution in [3.8, 4) is 0 Å². The number of aromatic nitrogens is 2. The van der Waals surface area contributed by atoms with Crippen molar-refractivity contribution in [2.24, 2.45) is 0 Å². The van der Waals surface area contributed by atoms with E-state index in [2.05, 4.69) is 18.9 Å². The van der Waals surface area contributed by atoms with Gasteiger partial charge in [0.1, 0.15) is 0 Å². The maximum absolute atomic E-state index is 10.8. The molecule has 1 rings (SSSR count). The smallest absolute Gasteiger partial charge is 0.317 e. The Kier molecular flexibility index (Phi) is 6.52. The molecule has 108 valence electrons. The molecule has 0 saturated heterocycles. The molecule has 0 amide bonds. The first-order valence-electron chi connectivity index (χ1n) is 6.54. The molecule has 0 aliphatic rings. The highest BCUT2D eigenvalue weighted by molar-refractivity contribution is 5.69. The van der Waals surface area contributed by atoms with Crippen LogP contribution >= 0.6 is 0 Å². The summed E-state index contributed by atoms with van der Waals surface area (Å²) in [5.74, 6) is -0.836. The number of nitrogens with zero attached hydrogens (tertiary/aromatic N) is 3. The number of rotatable bonds is 9. The van der Waals surface area contributed by atoms with Gasteiger partial charge >= 0.3 is 5.97 Å². The van der Waals surface area contributed by atoms with E-state index in [1.54, 1.807) is 7.11 Å². The van der Waals surface area contributed by atoms with Crippen LogP contribution in [-0.2, 0) is 16.1 Å². The molecule has 6 nitrogen and oxygen atoms in total. The number of carbonyl (C=O) groups is 1. The second-order valence-electron chi connectivity index (χ2n) is 4.64. The molecule has 1 atom stereocenters. The monoisotopic (exact) mass is 269 g/mol. The molecule has 0 aromatic carbocycles. The Balaban J connectivity index is 2.61. The second kappa shape index (κ2) is 7.91. The predicted molar refractivity (Wildman–Crippen MR) is 72.0 cm³/mol. The first-order valence-corrected chi connectivity index (χ1v) is 6.54. The summed E-state index contributed by atoms with van der Waals surface area (Å²) in [5.41, 5.74) is 0.887. The summed E-state index contributed by atoms with van der Waals surface area (Å²) in [6.45, 7) is 5.84. The van der Waals surface area contributed by atoms with Gasteiger partial charge in [0.15, 0.2) is 0 Å². The summed E-state index contributed by atoms with van der Waals surface area (Å²) in [6.07, 6.45) is 2.96. The third-order valence-electron chi connectivity index (χ3n) is 3.06. The van der Waals surface area contributed by atoms with Crippen LogP contribution in [0.5, 0.6) is 0 Å². The average molecular weight is 269 g/mol. The molecule has 0 saturated carbocycles. The van der Waals surface area contributed by atoms with Gasteiger partial charge < -0.3 is 9.84 Å². The molecular formula is C13H23N3O3. The number of ether oxygens (including phenoxy) is 1. The lowest BCUT2D eigenvalue weighted by Crippen LogP contribution is -2.32. The van der Waals surface area contributed by atoms with Crippen LogP contribution in [0.3, 0.4) is 0 Å². The van der Waals surface area contributed by atoms with E-state index in [-0.39, 0.29) is 6.54 Å². The van der Waals surface area contributed by atoms with Crippen LogP contribution in [0.2, 0.25) is 0 Å². The SMILES string of the molecule is CCC(C)n1ccc(CN(CCOC)CC(=O)O)n1. The Morgan fingerprint density at radius 1 is 1.63 bits per heavy atom. The molecular weight excluding hydrogens is 246 g/mol. The summed E-state index contributed by atoms with van der Waals surface area (Å²) in [5, 5.41) is 13.4. The minimum atomic E-state index is -0.836. The van der Waals surface area contributed by atoms with E-state index in [4.69, 9.17) is 9.84 Å². The number of carboxylic acids is 1. The van der Waals surface area contributed by atoms with Gasteiger partial charge in [0, 0.05) is 32.4 Å². The fraction of sp³-hybridized carbons (Fsp3) is 0.692. The highest BCUT2D eigenvalue weighted by Gasteiger charge is 2.12. The Hall–Kier alpha value is -1.40. The first kappa shape index (κ1) is 15.7. The Labute approximate surface area is 114 Å². The van der Waals surface area contributed by atoms with Crippen molar-refractivity contribution in [2.75, 3.05) is 26.8 Å². The molecule has 19 heavy (non-hydrogen) atoms. The minimum Gasteiger partial charge on any atom is -0.480 e. The minimum absolute atomic E-state index is 0.000445. The molecule has 0 aliphatic heterocycles. The van der Waals surface area contributed by atoms with Crippen molar-refractivity contribution in [2.45, 2.75) is 32.9 Å². The van der Waals surface area contributed by atoms with E-state index in [0.717, 1.165) is 12.1 Å². The molecule has 6 heteroatoms. The van der Waals surface area contributed by atoms with Crippen LogP contribution in [0.4, 0.5) is 0 Å². The standard InChI is InChI=1S/C13H23N3O3/c1-4-11(2)16-6-5-12(14-16)9-15(7-8-19-3)10-13(17)18/h5-6,11H,4,7-10H2,1-3H3,(H,17,18). The van der Waals surface area contributed by atoms with Crippen LogP contribution in [0.1, 0.15) is 32.0 Å². The fourth-order valence-electron chi connectivity index (χ4n) is 1.75. The Bertz CT molecular complexity index is 392. The number of hydrogen-bond acceptors (Lipinski definition) is 4. The summed E-state index contributed by atoms with van der Waals surface area (Å²) in [7, 11) is 1.61. The first-order chi connectivity index (χ1) is 9.06. The van der Waals surface area contributed by atoms with E-state index in [0.29, 0.717) is 25.7 Å². The van der Waals surface area contributed by atoms with E-state index < -0.39 is 5.97 Å². The lowest BCUT2D eigenvalue weighted by atomic mass is 10.3.